The van der Waals surface area contributed by atoms with E-state index in [1.165, 1.54) is 23.5 Å². The second-order valence-electron chi connectivity index (χ2n) is 9.68. The number of piperidine rings is 1. The Morgan fingerprint density at radius 3 is 2.47 bits per heavy atom. The number of thiazole rings is 1. The first-order chi connectivity index (χ1) is 18.3. The number of amides is 1. The zero-order chi connectivity index (χ0) is 26.9. The number of anilines is 1. The Balaban J connectivity index is 1.48. The van der Waals surface area contributed by atoms with E-state index in [4.69, 9.17) is 19.2 Å². The fourth-order valence-electron chi connectivity index (χ4n) is 5.12. The maximum Gasteiger partial charge on any atom is 0.260 e. The van der Waals surface area contributed by atoms with Crippen LogP contribution in [0.2, 0.25) is 0 Å². The number of aromatic nitrogens is 1. The lowest BCUT2D eigenvalue weighted by atomic mass is 10.1. The van der Waals surface area contributed by atoms with Gasteiger partial charge in [-0.25, -0.2) is 13.4 Å². The topological polar surface area (TPSA) is 98.3 Å². The molecule has 2 aliphatic heterocycles. The zero-order valence-electron chi connectivity index (χ0n) is 21.9. The third-order valence-corrected chi connectivity index (χ3v) is 10.4. The standard InChI is InChI=1S/C27H33N3O6S2/c1-18-7-4-5-15-30(18)38(32,33)21-11-9-19(10-12-21)26(31)29(17-20-8-6-16-36-20)27-28-24-22(34-2)13-14-23(35-3)25(24)37-27/h9-14,18,20H,4-8,15-17H2,1-3H3. The third kappa shape index (κ3) is 5.12. The van der Waals surface area contributed by atoms with E-state index in [1.807, 2.05) is 13.0 Å². The van der Waals surface area contributed by atoms with E-state index in [2.05, 4.69) is 0 Å². The van der Waals surface area contributed by atoms with Crippen LogP contribution in [0.1, 0.15) is 49.4 Å². The highest BCUT2D eigenvalue weighted by Gasteiger charge is 2.32. The summed E-state index contributed by atoms with van der Waals surface area (Å²) in [5.41, 5.74) is 1.00. The summed E-state index contributed by atoms with van der Waals surface area (Å²) in [6.07, 6.45) is 4.43. The molecule has 5 rings (SSSR count). The van der Waals surface area contributed by atoms with Crippen molar-refractivity contribution in [2.75, 3.05) is 38.8 Å². The zero-order valence-corrected chi connectivity index (χ0v) is 23.5. The molecule has 204 valence electrons. The normalized spacial score (nSPS) is 20.5. The molecule has 9 nitrogen and oxygen atoms in total. The van der Waals surface area contributed by atoms with Gasteiger partial charge in [0.1, 0.15) is 21.7 Å². The number of methoxy groups -OCH3 is 2. The smallest absolute Gasteiger partial charge is 0.260 e. The number of carbonyl (C=O) groups is 1. The van der Waals surface area contributed by atoms with Crippen molar-refractivity contribution in [3.8, 4) is 11.5 Å². The van der Waals surface area contributed by atoms with Crippen LogP contribution in [-0.4, -0.2) is 69.7 Å². The second-order valence-corrected chi connectivity index (χ2v) is 12.5. The van der Waals surface area contributed by atoms with Crippen LogP contribution in [0.4, 0.5) is 5.13 Å². The van der Waals surface area contributed by atoms with E-state index in [9.17, 15) is 13.2 Å². The molecule has 2 aromatic carbocycles. The van der Waals surface area contributed by atoms with Crippen LogP contribution in [-0.2, 0) is 14.8 Å². The van der Waals surface area contributed by atoms with Crippen molar-refractivity contribution in [3.63, 3.8) is 0 Å². The number of sulfonamides is 1. The van der Waals surface area contributed by atoms with Gasteiger partial charge in [0, 0.05) is 24.8 Å². The Hall–Kier alpha value is -2.73. The van der Waals surface area contributed by atoms with Gasteiger partial charge in [-0.1, -0.05) is 17.8 Å². The third-order valence-electron chi connectivity index (χ3n) is 7.24. The van der Waals surface area contributed by atoms with E-state index in [0.717, 1.165) is 36.8 Å². The maximum absolute atomic E-state index is 13.8. The van der Waals surface area contributed by atoms with Crippen LogP contribution in [0.15, 0.2) is 41.3 Å². The lowest BCUT2D eigenvalue weighted by Crippen LogP contribution is -2.42. The largest absolute Gasteiger partial charge is 0.495 e. The molecular weight excluding hydrogens is 526 g/mol. The summed E-state index contributed by atoms with van der Waals surface area (Å²) in [7, 11) is -0.455. The number of hydrogen-bond donors (Lipinski definition) is 0. The Morgan fingerprint density at radius 2 is 1.82 bits per heavy atom. The van der Waals surface area contributed by atoms with Gasteiger partial charge in [-0.2, -0.15) is 4.31 Å². The summed E-state index contributed by atoms with van der Waals surface area (Å²) < 4.78 is 45.8. The van der Waals surface area contributed by atoms with Gasteiger partial charge in [0.05, 0.1) is 31.8 Å². The van der Waals surface area contributed by atoms with Crippen LogP contribution < -0.4 is 14.4 Å². The molecule has 3 aromatic rings. The Labute approximate surface area is 227 Å². The molecule has 2 aliphatic rings. The van der Waals surface area contributed by atoms with Crippen molar-refractivity contribution in [2.24, 2.45) is 0 Å². The van der Waals surface area contributed by atoms with E-state index in [-0.39, 0.29) is 22.9 Å². The lowest BCUT2D eigenvalue weighted by molar-refractivity contribution is 0.0917. The highest BCUT2D eigenvalue weighted by molar-refractivity contribution is 7.89. The van der Waals surface area contributed by atoms with Gasteiger partial charge in [-0.05, 0) is 69.0 Å². The highest BCUT2D eigenvalue weighted by Crippen LogP contribution is 2.40. The van der Waals surface area contributed by atoms with Gasteiger partial charge in [0.15, 0.2) is 5.13 Å². The first kappa shape index (κ1) is 26.9. The molecule has 0 radical (unpaired) electrons. The van der Waals surface area contributed by atoms with Gasteiger partial charge < -0.3 is 14.2 Å². The molecule has 38 heavy (non-hydrogen) atoms. The van der Waals surface area contributed by atoms with Crippen molar-refractivity contribution in [1.82, 2.24) is 9.29 Å². The van der Waals surface area contributed by atoms with Gasteiger partial charge in [0.2, 0.25) is 10.0 Å². The first-order valence-corrected chi connectivity index (χ1v) is 15.2. The number of hydrogen-bond acceptors (Lipinski definition) is 8. The molecule has 3 heterocycles. The van der Waals surface area contributed by atoms with Gasteiger partial charge in [0.25, 0.3) is 5.91 Å². The van der Waals surface area contributed by atoms with Crippen molar-refractivity contribution in [3.05, 3.63) is 42.0 Å². The highest BCUT2D eigenvalue weighted by atomic mass is 32.2. The summed E-state index contributed by atoms with van der Waals surface area (Å²) in [6, 6.07) is 9.79. The first-order valence-electron chi connectivity index (χ1n) is 12.9. The molecule has 0 aliphatic carbocycles. The summed E-state index contributed by atoms with van der Waals surface area (Å²) in [5.74, 6) is 0.970. The van der Waals surface area contributed by atoms with E-state index < -0.39 is 10.0 Å². The Bertz CT molecular complexity index is 1360. The molecule has 0 saturated carbocycles. The monoisotopic (exact) mass is 559 g/mol. The second kappa shape index (κ2) is 11.2. The lowest BCUT2D eigenvalue weighted by Gasteiger charge is -2.32. The molecule has 0 spiro atoms. The minimum absolute atomic E-state index is 0.0371. The molecule has 11 heteroatoms. The fraction of sp³-hybridized carbons (Fsp3) is 0.481. The number of nitrogens with zero attached hydrogens (tertiary/aromatic N) is 3. The van der Waals surface area contributed by atoms with Crippen molar-refractivity contribution >= 4 is 42.6 Å². The molecule has 0 bridgehead atoms. The van der Waals surface area contributed by atoms with E-state index in [1.54, 1.807) is 41.6 Å². The number of ether oxygens (including phenoxy) is 3. The van der Waals surface area contributed by atoms with Crippen LogP contribution in [0.3, 0.4) is 0 Å². The SMILES string of the molecule is COc1ccc(OC)c2sc(N(CC3CCCO3)C(=O)c3ccc(S(=O)(=O)N4CCCCC4C)cc3)nc12. The molecule has 2 unspecified atom stereocenters. The van der Waals surface area contributed by atoms with E-state index in [0.29, 0.717) is 47.4 Å². The predicted molar refractivity (Wildman–Crippen MR) is 147 cm³/mol. The van der Waals surface area contributed by atoms with Crippen LogP contribution in [0.25, 0.3) is 10.2 Å². The average Bonchev–Trinajstić information content (AvgIpc) is 3.61. The quantitative estimate of drug-likeness (QED) is 0.394. The van der Waals surface area contributed by atoms with Crippen molar-refractivity contribution in [1.29, 1.82) is 0 Å². The predicted octanol–water partition coefficient (Wildman–Crippen LogP) is 4.70. The Morgan fingerprint density at radius 1 is 1.08 bits per heavy atom. The molecule has 1 aromatic heterocycles. The average molecular weight is 560 g/mol. The number of fused-ring (bicyclic) bond motifs is 1. The number of rotatable bonds is 8. The van der Waals surface area contributed by atoms with Crippen molar-refractivity contribution in [2.45, 2.75) is 56.1 Å². The maximum atomic E-state index is 13.8. The van der Waals surface area contributed by atoms with E-state index >= 15 is 0 Å². The summed E-state index contributed by atoms with van der Waals surface area (Å²) >= 11 is 1.35. The van der Waals surface area contributed by atoms with Gasteiger partial charge in [-0.3, -0.25) is 9.69 Å². The minimum Gasteiger partial charge on any atom is -0.495 e. The number of carbonyl (C=O) groups excluding carboxylic acids is 1. The molecule has 1 amide bonds. The molecule has 2 saturated heterocycles. The Kier molecular flexibility index (Phi) is 7.90. The van der Waals surface area contributed by atoms with Gasteiger partial charge in [-0.15, -0.1) is 0 Å². The van der Waals surface area contributed by atoms with Gasteiger partial charge >= 0.3 is 0 Å². The van der Waals surface area contributed by atoms with Crippen LogP contribution in [0, 0.1) is 0 Å². The molecular formula is C27H33N3O6S2. The molecule has 2 fully saturated rings. The molecule has 0 N–H and O–H groups in total. The fourth-order valence-corrected chi connectivity index (χ4v) is 7.90. The summed E-state index contributed by atoms with van der Waals surface area (Å²) in [5, 5.41) is 0.502. The number of benzene rings is 2. The molecule has 2 atom stereocenters. The van der Waals surface area contributed by atoms with Crippen LogP contribution in [0.5, 0.6) is 11.5 Å². The van der Waals surface area contributed by atoms with Crippen LogP contribution >= 0.6 is 11.3 Å². The van der Waals surface area contributed by atoms with Crippen molar-refractivity contribution < 1.29 is 27.4 Å². The minimum atomic E-state index is -3.63. The summed E-state index contributed by atoms with van der Waals surface area (Å²) in [6.45, 7) is 3.47. The summed E-state index contributed by atoms with van der Waals surface area (Å²) in [4.78, 5) is 20.4.